The van der Waals surface area contributed by atoms with Crippen LogP contribution in [0.4, 0.5) is 0 Å². The van der Waals surface area contributed by atoms with Crippen LogP contribution in [0.5, 0.6) is 5.75 Å². The third-order valence-corrected chi connectivity index (χ3v) is 3.45. The van der Waals surface area contributed by atoms with E-state index in [9.17, 15) is 0 Å². The third-order valence-electron chi connectivity index (χ3n) is 3.22. The third kappa shape index (κ3) is 3.52. The highest BCUT2D eigenvalue weighted by Gasteiger charge is 2.17. The summed E-state index contributed by atoms with van der Waals surface area (Å²) < 4.78 is 7.27. The largest absolute Gasteiger partial charge is 0.496 e. The number of nitrogens with one attached hydrogen (secondary N) is 1. The van der Waals surface area contributed by atoms with Gasteiger partial charge in [0.1, 0.15) is 5.75 Å². The van der Waals surface area contributed by atoms with Crippen LogP contribution >= 0.6 is 11.6 Å². The first-order valence-corrected chi connectivity index (χ1v) is 7.06. The van der Waals surface area contributed by atoms with Crippen molar-refractivity contribution < 1.29 is 4.74 Å². The Hall–Kier alpha value is -1.52. The quantitative estimate of drug-likeness (QED) is 0.890. The van der Waals surface area contributed by atoms with E-state index in [0.29, 0.717) is 5.02 Å². The molecular weight excluding hydrogens is 274 g/mol. The van der Waals surface area contributed by atoms with Crippen LogP contribution < -0.4 is 10.1 Å². The fraction of sp³-hybridized carbons (Fsp3) is 0.400. The zero-order chi connectivity index (χ0) is 14.5. The first-order chi connectivity index (χ1) is 9.63. The van der Waals surface area contributed by atoms with Crippen LogP contribution in [0.25, 0.3) is 0 Å². The molecule has 0 aliphatic heterocycles. The molecule has 0 saturated carbocycles. The second-order valence-corrected chi connectivity index (χ2v) is 5.16. The molecule has 0 aliphatic rings. The molecule has 0 spiro atoms. The lowest BCUT2D eigenvalue weighted by Crippen LogP contribution is -2.23. The number of hydrogen-bond donors (Lipinski definition) is 1. The number of methoxy groups -OCH3 is 1. The van der Waals surface area contributed by atoms with Gasteiger partial charge in [0.25, 0.3) is 0 Å². The van der Waals surface area contributed by atoms with Crippen LogP contribution in [0, 0.1) is 0 Å². The van der Waals surface area contributed by atoms with Crippen molar-refractivity contribution in [3.05, 3.63) is 46.7 Å². The minimum Gasteiger partial charge on any atom is -0.496 e. The van der Waals surface area contributed by atoms with Gasteiger partial charge in [0.15, 0.2) is 0 Å². The Labute approximate surface area is 124 Å². The summed E-state index contributed by atoms with van der Waals surface area (Å²) in [6.07, 6.45) is 4.79. The van der Waals surface area contributed by atoms with E-state index in [2.05, 4.69) is 17.3 Å². The normalized spacial score (nSPS) is 12.4. The number of aryl methyl sites for hydroxylation is 1. The molecule has 1 aromatic carbocycles. The molecule has 20 heavy (non-hydrogen) atoms. The van der Waals surface area contributed by atoms with Crippen molar-refractivity contribution in [1.82, 2.24) is 15.1 Å². The fourth-order valence-corrected chi connectivity index (χ4v) is 2.49. The highest BCUT2D eigenvalue weighted by atomic mass is 35.5. The maximum Gasteiger partial charge on any atom is 0.125 e. The Bertz CT molecular complexity index is 568. The molecule has 0 aliphatic carbocycles. The maximum atomic E-state index is 6.03. The lowest BCUT2D eigenvalue weighted by molar-refractivity contribution is 0.399. The van der Waals surface area contributed by atoms with Gasteiger partial charge in [-0.1, -0.05) is 24.6 Å². The molecule has 1 unspecified atom stereocenters. The van der Waals surface area contributed by atoms with E-state index in [0.717, 1.165) is 24.3 Å². The van der Waals surface area contributed by atoms with Gasteiger partial charge in [-0.15, -0.1) is 0 Å². The van der Waals surface area contributed by atoms with Crippen LogP contribution in [0.3, 0.4) is 0 Å². The molecule has 0 bridgehead atoms. The zero-order valence-electron chi connectivity index (χ0n) is 12.1. The van der Waals surface area contributed by atoms with Gasteiger partial charge in [-0.25, -0.2) is 0 Å². The van der Waals surface area contributed by atoms with Gasteiger partial charge in [-0.3, -0.25) is 4.68 Å². The Morgan fingerprint density at radius 1 is 1.45 bits per heavy atom. The maximum absolute atomic E-state index is 6.03. The number of halogens is 1. The number of ether oxygens (including phenoxy) is 1. The van der Waals surface area contributed by atoms with Crippen molar-refractivity contribution in [2.45, 2.75) is 19.4 Å². The molecule has 5 heteroatoms. The molecular formula is C15H20ClN3O. The van der Waals surface area contributed by atoms with Crippen LogP contribution in [0.2, 0.25) is 5.02 Å². The molecule has 1 heterocycles. The Morgan fingerprint density at radius 2 is 2.25 bits per heavy atom. The van der Waals surface area contributed by atoms with E-state index in [-0.39, 0.29) is 6.04 Å². The van der Waals surface area contributed by atoms with Gasteiger partial charge in [0.05, 0.1) is 13.3 Å². The standard InChI is InChI=1S/C15H20ClN3O/c1-4-17-14(7-11-9-18-19(2)10-11)13-6-5-12(16)8-15(13)20-3/h5-6,8-10,14,17H,4,7H2,1-3H3. The van der Waals surface area contributed by atoms with Gasteiger partial charge >= 0.3 is 0 Å². The van der Waals surface area contributed by atoms with Crippen LogP contribution in [0.15, 0.2) is 30.6 Å². The molecule has 1 aromatic heterocycles. The summed E-state index contributed by atoms with van der Waals surface area (Å²) >= 11 is 6.03. The second-order valence-electron chi connectivity index (χ2n) is 4.72. The summed E-state index contributed by atoms with van der Waals surface area (Å²) in [6.45, 7) is 2.98. The lowest BCUT2D eigenvalue weighted by Gasteiger charge is -2.20. The van der Waals surface area contributed by atoms with E-state index in [4.69, 9.17) is 16.3 Å². The average Bonchev–Trinajstić information content (AvgIpc) is 2.83. The summed E-state index contributed by atoms with van der Waals surface area (Å²) in [5.74, 6) is 0.812. The van der Waals surface area contributed by atoms with E-state index in [1.807, 2.05) is 42.3 Å². The minimum absolute atomic E-state index is 0.177. The zero-order valence-corrected chi connectivity index (χ0v) is 12.8. The fourth-order valence-electron chi connectivity index (χ4n) is 2.32. The van der Waals surface area contributed by atoms with Crippen LogP contribution in [0.1, 0.15) is 24.1 Å². The van der Waals surface area contributed by atoms with Crippen LogP contribution in [-0.2, 0) is 13.5 Å². The van der Waals surface area contributed by atoms with Gasteiger partial charge in [-0.2, -0.15) is 5.10 Å². The summed E-state index contributed by atoms with van der Waals surface area (Å²) in [5, 5.41) is 8.39. The molecule has 0 fully saturated rings. The van der Waals surface area contributed by atoms with Crippen molar-refractivity contribution in [1.29, 1.82) is 0 Å². The molecule has 4 nitrogen and oxygen atoms in total. The second kappa shape index (κ2) is 6.77. The highest BCUT2D eigenvalue weighted by molar-refractivity contribution is 6.30. The molecule has 2 rings (SSSR count). The SMILES string of the molecule is CCNC(Cc1cnn(C)c1)c1ccc(Cl)cc1OC. The predicted octanol–water partition coefficient (Wildman–Crippen LogP) is 2.98. The summed E-state index contributed by atoms with van der Waals surface area (Å²) in [5.41, 5.74) is 2.30. The number of hydrogen-bond acceptors (Lipinski definition) is 3. The average molecular weight is 294 g/mol. The Morgan fingerprint density at radius 3 is 2.85 bits per heavy atom. The van der Waals surface area contributed by atoms with Gasteiger partial charge in [0.2, 0.25) is 0 Å². The summed E-state index contributed by atoms with van der Waals surface area (Å²) in [7, 11) is 3.59. The first-order valence-electron chi connectivity index (χ1n) is 6.68. The molecule has 108 valence electrons. The van der Waals surface area contributed by atoms with Crippen molar-refractivity contribution in [2.75, 3.05) is 13.7 Å². The van der Waals surface area contributed by atoms with Crippen molar-refractivity contribution in [2.24, 2.45) is 7.05 Å². The number of aromatic nitrogens is 2. The molecule has 0 radical (unpaired) electrons. The molecule has 1 atom stereocenters. The van der Waals surface area contributed by atoms with Crippen molar-refractivity contribution in [3.8, 4) is 5.75 Å². The molecule has 2 aromatic rings. The van der Waals surface area contributed by atoms with E-state index < -0.39 is 0 Å². The van der Waals surface area contributed by atoms with Gasteiger partial charge < -0.3 is 10.1 Å². The van der Waals surface area contributed by atoms with Gasteiger partial charge in [0, 0.05) is 29.9 Å². The number of rotatable bonds is 6. The Balaban J connectivity index is 2.28. The van der Waals surface area contributed by atoms with Crippen molar-refractivity contribution in [3.63, 3.8) is 0 Å². The van der Waals surface area contributed by atoms with Gasteiger partial charge in [-0.05, 0) is 30.7 Å². The summed E-state index contributed by atoms with van der Waals surface area (Å²) in [6, 6.07) is 5.94. The lowest BCUT2D eigenvalue weighted by atomic mass is 9.99. The minimum atomic E-state index is 0.177. The Kier molecular flexibility index (Phi) is 5.04. The predicted molar refractivity (Wildman–Crippen MR) is 81.3 cm³/mol. The first kappa shape index (κ1) is 14.9. The molecule has 0 saturated heterocycles. The molecule has 1 N–H and O–H groups in total. The molecule has 0 amide bonds. The van der Waals surface area contributed by atoms with Crippen LogP contribution in [-0.4, -0.2) is 23.4 Å². The van der Waals surface area contributed by atoms with E-state index in [1.165, 1.54) is 5.56 Å². The van der Waals surface area contributed by atoms with E-state index >= 15 is 0 Å². The smallest absolute Gasteiger partial charge is 0.125 e. The topological polar surface area (TPSA) is 39.1 Å². The highest BCUT2D eigenvalue weighted by Crippen LogP contribution is 2.30. The number of likely N-dealkylation sites (N-methyl/N-ethyl adjacent to an activating group) is 1. The number of nitrogens with zero attached hydrogens (tertiary/aromatic N) is 2. The summed E-state index contributed by atoms with van der Waals surface area (Å²) in [4.78, 5) is 0. The van der Waals surface area contributed by atoms with Crippen molar-refractivity contribution >= 4 is 11.6 Å². The number of benzene rings is 1. The monoisotopic (exact) mass is 293 g/mol. The van der Waals surface area contributed by atoms with E-state index in [1.54, 1.807) is 7.11 Å².